The van der Waals surface area contributed by atoms with Gasteiger partial charge in [0.2, 0.25) is 0 Å². The molecule has 0 amide bonds. The molecule has 0 aliphatic carbocycles. The van der Waals surface area contributed by atoms with Gasteiger partial charge in [-0.1, -0.05) is 57.7 Å². The van der Waals surface area contributed by atoms with E-state index in [-0.39, 0.29) is 0 Å². The van der Waals surface area contributed by atoms with E-state index in [1.165, 1.54) is 43.5 Å². The van der Waals surface area contributed by atoms with Crippen molar-refractivity contribution in [3.63, 3.8) is 0 Å². The Bertz CT molecular complexity index is 406. The van der Waals surface area contributed by atoms with Crippen LogP contribution in [0.4, 0.5) is 5.69 Å². The molecule has 1 aromatic carbocycles. The lowest BCUT2D eigenvalue weighted by atomic mass is 9.97. The fraction of sp³-hybridized carbons (Fsp3) is 0.632. The topological polar surface area (TPSA) is 24.4 Å². The van der Waals surface area contributed by atoms with Crippen molar-refractivity contribution in [2.45, 2.75) is 66.2 Å². The molecular weight excluding hydrogens is 256 g/mol. The van der Waals surface area contributed by atoms with Crippen LogP contribution in [0, 0.1) is 12.8 Å². The Hall–Kier alpha value is -1.31. The van der Waals surface area contributed by atoms with Gasteiger partial charge in [-0.3, -0.25) is 4.99 Å². The third kappa shape index (κ3) is 6.79. The number of rotatable bonds is 9. The van der Waals surface area contributed by atoms with E-state index in [1.54, 1.807) is 0 Å². The van der Waals surface area contributed by atoms with E-state index in [0.29, 0.717) is 5.92 Å². The SMILES string of the molecule is CCCCN=C(Nc1ccc(C)cc1)C(CC)CCCC. The van der Waals surface area contributed by atoms with Crippen molar-refractivity contribution in [1.29, 1.82) is 0 Å². The largest absolute Gasteiger partial charge is 0.344 e. The van der Waals surface area contributed by atoms with E-state index in [2.05, 4.69) is 57.3 Å². The zero-order chi connectivity index (χ0) is 15.5. The van der Waals surface area contributed by atoms with Crippen LogP contribution in [-0.4, -0.2) is 12.4 Å². The lowest BCUT2D eigenvalue weighted by Gasteiger charge is -2.19. The van der Waals surface area contributed by atoms with Gasteiger partial charge in [-0.15, -0.1) is 0 Å². The molecule has 2 heteroatoms. The highest BCUT2D eigenvalue weighted by Gasteiger charge is 2.13. The monoisotopic (exact) mass is 288 g/mol. The van der Waals surface area contributed by atoms with Crippen LogP contribution in [0.25, 0.3) is 0 Å². The molecule has 1 atom stereocenters. The highest BCUT2D eigenvalue weighted by atomic mass is 15.0. The molecule has 1 N–H and O–H groups in total. The van der Waals surface area contributed by atoms with Gasteiger partial charge in [0.15, 0.2) is 0 Å². The molecule has 0 fully saturated rings. The number of nitrogens with one attached hydrogen (secondary N) is 1. The van der Waals surface area contributed by atoms with E-state index < -0.39 is 0 Å². The molecular formula is C19H32N2. The molecule has 0 aromatic heterocycles. The van der Waals surface area contributed by atoms with Crippen LogP contribution in [0.15, 0.2) is 29.3 Å². The summed E-state index contributed by atoms with van der Waals surface area (Å²) in [4.78, 5) is 4.86. The summed E-state index contributed by atoms with van der Waals surface area (Å²) in [7, 11) is 0. The first-order valence-corrected chi connectivity index (χ1v) is 8.59. The van der Waals surface area contributed by atoms with E-state index in [0.717, 1.165) is 18.7 Å². The first-order chi connectivity index (χ1) is 10.2. The maximum Gasteiger partial charge on any atom is 0.104 e. The number of benzene rings is 1. The number of aliphatic imine (C=N–C) groups is 1. The number of nitrogens with zero attached hydrogens (tertiary/aromatic N) is 1. The van der Waals surface area contributed by atoms with Crippen molar-refractivity contribution >= 4 is 11.5 Å². The summed E-state index contributed by atoms with van der Waals surface area (Å²) in [5.74, 6) is 1.74. The van der Waals surface area contributed by atoms with E-state index in [9.17, 15) is 0 Å². The fourth-order valence-electron chi connectivity index (χ4n) is 2.40. The van der Waals surface area contributed by atoms with Gasteiger partial charge in [-0.2, -0.15) is 0 Å². The van der Waals surface area contributed by atoms with Crippen molar-refractivity contribution < 1.29 is 0 Å². The maximum absolute atomic E-state index is 4.86. The molecule has 0 spiro atoms. The van der Waals surface area contributed by atoms with Gasteiger partial charge in [0, 0.05) is 18.2 Å². The number of hydrogen-bond acceptors (Lipinski definition) is 1. The summed E-state index contributed by atoms with van der Waals surface area (Å²) < 4.78 is 0. The summed E-state index contributed by atoms with van der Waals surface area (Å²) in [5.41, 5.74) is 2.45. The third-order valence-electron chi connectivity index (χ3n) is 3.90. The minimum Gasteiger partial charge on any atom is -0.344 e. The lowest BCUT2D eigenvalue weighted by Crippen LogP contribution is -2.23. The predicted molar refractivity (Wildman–Crippen MR) is 95.3 cm³/mol. The number of aryl methyl sites for hydroxylation is 1. The Morgan fingerprint density at radius 3 is 2.29 bits per heavy atom. The molecule has 0 saturated heterocycles. The van der Waals surface area contributed by atoms with Gasteiger partial charge < -0.3 is 5.32 Å². The molecule has 21 heavy (non-hydrogen) atoms. The second kappa shape index (κ2) is 10.4. The maximum atomic E-state index is 4.86. The Morgan fingerprint density at radius 2 is 1.71 bits per heavy atom. The molecule has 1 unspecified atom stereocenters. The summed E-state index contributed by atoms with van der Waals surface area (Å²) in [5, 5.41) is 3.58. The van der Waals surface area contributed by atoms with Crippen molar-refractivity contribution in [2.24, 2.45) is 10.9 Å². The minimum atomic E-state index is 0.558. The molecule has 1 rings (SSSR count). The lowest BCUT2D eigenvalue weighted by molar-refractivity contribution is 0.564. The average molecular weight is 288 g/mol. The molecule has 0 radical (unpaired) electrons. The van der Waals surface area contributed by atoms with Crippen LogP contribution in [0.2, 0.25) is 0 Å². The zero-order valence-corrected chi connectivity index (χ0v) is 14.3. The van der Waals surface area contributed by atoms with Crippen molar-refractivity contribution in [3.05, 3.63) is 29.8 Å². The van der Waals surface area contributed by atoms with Gasteiger partial charge in [0.05, 0.1) is 0 Å². The van der Waals surface area contributed by atoms with Crippen LogP contribution in [-0.2, 0) is 0 Å². The van der Waals surface area contributed by atoms with Gasteiger partial charge in [-0.05, 0) is 38.3 Å². The van der Waals surface area contributed by atoms with Crippen molar-refractivity contribution in [1.82, 2.24) is 0 Å². The van der Waals surface area contributed by atoms with E-state index in [4.69, 9.17) is 4.99 Å². The van der Waals surface area contributed by atoms with Gasteiger partial charge in [-0.25, -0.2) is 0 Å². The van der Waals surface area contributed by atoms with Crippen molar-refractivity contribution in [3.8, 4) is 0 Å². The smallest absolute Gasteiger partial charge is 0.104 e. The Morgan fingerprint density at radius 1 is 1.05 bits per heavy atom. The fourth-order valence-corrected chi connectivity index (χ4v) is 2.40. The normalized spacial score (nSPS) is 13.2. The first kappa shape index (κ1) is 17.7. The Balaban J connectivity index is 2.79. The number of hydrogen-bond donors (Lipinski definition) is 1. The standard InChI is InChI=1S/C19H32N2/c1-5-8-10-17(7-3)19(20-15-9-6-2)21-18-13-11-16(4)12-14-18/h11-14,17H,5-10,15H2,1-4H3,(H,20,21). The van der Waals surface area contributed by atoms with E-state index in [1.807, 2.05) is 0 Å². The quantitative estimate of drug-likeness (QED) is 0.345. The second-order valence-electron chi connectivity index (χ2n) is 5.86. The summed E-state index contributed by atoms with van der Waals surface area (Å²) in [6.07, 6.45) is 7.29. The van der Waals surface area contributed by atoms with Gasteiger partial charge >= 0.3 is 0 Å². The average Bonchev–Trinajstić information content (AvgIpc) is 2.50. The van der Waals surface area contributed by atoms with Crippen LogP contribution in [0.5, 0.6) is 0 Å². The number of unbranched alkanes of at least 4 members (excludes halogenated alkanes) is 2. The Kier molecular flexibility index (Phi) is 8.80. The van der Waals surface area contributed by atoms with Crippen LogP contribution in [0.3, 0.4) is 0 Å². The molecule has 0 saturated carbocycles. The minimum absolute atomic E-state index is 0.558. The van der Waals surface area contributed by atoms with Gasteiger partial charge in [0.25, 0.3) is 0 Å². The second-order valence-corrected chi connectivity index (χ2v) is 5.86. The Labute approximate surface area is 131 Å². The van der Waals surface area contributed by atoms with E-state index >= 15 is 0 Å². The summed E-state index contributed by atoms with van der Waals surface area (Å²) in [6.45, 7) is 9.81. The molecule has 0 aliphatic rings. The molecule has 0 aliphatic heterocycles. The third-order valence-corrected chi connectivity index (χ3v) is 3.90. The summed E-state index contributed by atoms with van der Waals surface area (Å²) in [6, 6.07) is 8.60. The summed E-state index contributed by atoms with van der Waals surface area (Å²) >= 11 is 0. The van der Waals surface area contributed by atoms with Crippen LogP contribution < -0.4 is 5.32 Å². The first-order valence-electron chi connectivity index (χ1n) is 8.59. The van der Waals surface area contributed by atoms with Crippen molar-refractivity contribution in [2.75, 3.05) is 11.9 Å². The van der Waals surface area contributed by atoms with Gasteiger partial charge in [0.1, 0.15) is 5.84 Å². The highest BCUT2D eigenvalue weighted by molar-refractivity contribution is 5.97. The number of amidine groups is 1. The molecule has 2 nitrogen and oxygen atoms in total. The molecule has 0 heterocycles. The molecule has 118 valence electrons. The highest BCUT2D eigenvalue weighted by Crippen LogP contribution is 2.18. The zero-order valence-electron chi connectivity index (χ0n) is 14.3. The van der Waals surface area contributed by atoms with Crippen LogP contribution >= 0.6 is 0 Å². The molecule has 1 aromatic rings. The molecule has 0 bridgehead atoms. The number of anilines is 1. The van der Waals surface area contributed by atoms with Crippen LogP contribution in [0.1, 0.15) is 64.9 Å². The predicted octanol–water partition coefficient (Wildman–Crippen LogP) is 5.82.